The summed E-state index contributed by atoms with van der Waals surface area (Å²) in [5.41, 5.74) is 1.95. The highest BCUT2D eigenvalue weighted by molar-refractivity contribution is 6.00. The van der Waals surface area contributed by atoms with E-state index in [1.807, 2.05) is 31.2 Å². The van der Waals surface area contributed by atoms with Gasteiger partial charge < -0.3 is 10.6 Å². The Morgan fingerprint density at radius 2 is 1.74 bits per heavy atom. The molecule has 0 bridgehead atoms. The predicted molar refractivity (Wildman–Crippen MR) is 79.4 cm³/mol. The number of anilines is 1. The Labute approximate surface area is 115 Å². The molecular formula is C16H24N2O. The van der Waals surface area contributed by atoms with Crippen molar-refractivity contribution >= 4 is 11.6 Å². The summed E-state index contributed by atoms with van der Waals surface area (Å²) < 4.78 is 0. The summed E-state index contributed by atoms with van der Waals surface area (Å²) in [4.78, 5) is 12.4. The van der Waals surface area contributed by atoms with E-state index in [2.05, 4.69) is 38.3 Å². The zero-order chi connectivity index (χ0) is 14.3. The Morgan fingerprint density at radius 3 is 2.26 bits per heavy atom. The van der Waals surface area contributed by atoms with Crippen LogP contribution in [-0.2, 0) is 0 Å². The van der Waals surface area contributed by atoms with Gasteiger partial charge in [-0.15, -0.1) is 0 Å². The molecule has 1 saturated carbocycles. The molecule has 2 N–H and O–H groups in total. The van der Waals surface area contributed by atoms with E-state index in [0.717, 1.165) is 17.8 Å². The monoisotopic (exact) mass is 260 g/mol. The molecule has 0 spiro atoms. The maximum absolute atomic E-state index is 12.4. The van der Waals surface area contributed by atoms with Crippen LogP contribution in [-0.4, -0.2) is 18.5 Å². The second kappa shape index (κ2) is 4.55. The molecule has 1 aliphatic carbocycles. The maximum Gasteiger partial charge on any atom is 0.253 e. The molecule has 1 amide bonds. The van der Waals surface area contributed by atoms with Crippen molar-refractivity contribution in [3.8, 4) is 0 Å². The third-order valence-electron chi connectivity index (χ3n) is 4.84. The van der Waals surface area contributed by atoms with Crippen molar-refractivity contribution in [1.82, 2.24) is 5.32 Å². The van der Waals surface area contributed by atoms with Crippen LogP contribution in [0.25, 0.3) is 0 Å². The van der Waals surface area contributed by atoms with Gasteiger partial charge in [-0.1, -0.05) is 39.8 Å². The van der Waals surface area contributed by atoms with Crippen molar-refractivity contribution in [3.63, 3.8) is 0 Å². The van der Waals surface area contributed by atoms with E-state index in [1.165, 1.54) is 0 Å². The third-order valence-corrected chi connectivity index (χ3v) is 4.84. The van der Waals surface area contributed by atoms with Crippen molar-refractivity contribution in [3.05, 3.63) is 29.8 Å². The average Bonchev–Trinajstić information content (AvgIpc) is 2.73. The van der Waals surface area contributed by atoms with Crippen LogP contribution in [0.2, 0.25) is 0 Å². The van der Waals surface area contributed by atoms with E-state index in [1.54, 1.807) is 0 Å². The summed E-state index contributed by atoms with van der Waals surface area (Å²) in [5, 5.41) is 6.40. The van der Waals surface area contributed by atoms with Gasteiger partial charge in [-0.05, 0) is 29.9 Å². The van der Waals surface area contributed by atoms with Crippen LogP contribution in [0.1, 0.15) is 45.0 Å². The van der Waals surface area contributed by atoms with Crippen LogP contribution in [0.4, 0.5) is 5.69 Å². The van der Waals surface area contributed by atoms with Crippen LogP contribution in [0, 0.1) is 10.8 Å². The lowest BCUT2D eigenvalue weighted by Gasteiger charge is -2.12. The smallest absolute Gasteiger partial charge is 0.253 e. The molecule has 0 atom stereocenters. The maximum atomic E-state index is 12.4. The molecule has 0 aromatic heterocycles. The molecule has 1 aliphatic rings. The minimum Gasteiger partial charge on any atom is -0.385 e. The number of rotatable bonds is 4. The van der Waals surface area contributed by atoms with Crippen LogP contribution >= 0.6 is 0 Å². The summed E-state index contributed by atoms with van der Waals surface area (Å²) in [5.74, 6) is 0.0141. The number of hydrogen-bond acceptors (Lipinski definition) is 2. The second-order valence-electron chi connectivity index (χ2n) is 6.43. The third kappa shape index (κ3) is 2.22. The zero-order valence-corrected chi connectivity index (χ0v) is 12.5. The highest BCUT2D eigenvalue weighted by Crippen LogP contribution is 2.62. The van der Waals surface area contributed by atoms with Gasteiger partial charge in [0.25, 0.3) is 5.91 Å². The predicted octanol–water partition coefficient (Wildman–Crippen LogP) is 3.28. The summed E-state index contributed by atoms with van der Waals surface area (Å²) >= 11 is 0. The Morgan fingerprint density at radius 1 is 1.16 bits per heavy atom. The quantitative estimate of drug-likeness (QED) is 0.872. The standard InChI is InChI=1S/C16H24N2O/c1-6-17-12-10-8-7-9-11(12)13(19)18-14-15(2,3)16(14,4)5/h7-10,14,17H,6H2,1-5H3,(H,18,19). The van der Waals surface area contributed by atoms with Crippen LogP contribution in [0.3, 0.4) is 0 Å². The van der Waals surface area contributed by atoms with Gasteiger partial charge in [0.2, 0.25) is 0 Å². The van der Waals surface area contributed by atoms with Gasteiger partial charge in [0.05, 0.1) is 5.56 Å². The first-order valence-corrected chi connectivity index (χ1v) is 6.96. The van der Waals surface area contributed by atoms with Crippen LogP contribution in [0.5, 0.6) is 0 Å². The minimum atomic E-state index is 0.0141. The van der Waals surface area contributed by atoms with Gasteiger partial charge >= 0.3 is 0 Å². The van der Waals surface area contributed by atoms with Gasteiger partial charge in [-0.25, -0.2) is 0 Å². The van der Waals surface area contributed by atoms with Gasteiger partial charge in [-0.3, -0.25) is 4.79 Å². The first-order valence-electron chi connectivity index (χ1n) is 6.96. The fourth-order valence-electron chi connectivity index (χ4n) is 2.79. The summed E-state index contributed by atoms with van der Waals surface area (Å²) in [7, 11) is 0. The average molecular weight is 260 g/mol. The molecule has 2 rings (SSSR count). The van der Waals surface area contributed by atoms with Crippen molar-refractivity contribution in [2.24, 2.45) is 10.8 Å². The highest BCUT2D eigenvalue weighted by atomic mass is 16.1. The van der Waals surface area contributed by atoms with E-state index in [4.69, 9.17) is 0 Å². The lowest BCUT2D eigenvalue weighted by Crippen LogP contribution is -2.30. The molecule has 0 aliphatic heterocycles. The number of benzene rings is 1. The minimum absolute atomic E-state index is 0.0141. The summed E-state index contributed by atoms with van der Waals surface area (Å²) in [6.07, 6.45) is 0. The lowest BCUT2D eigenvalue weighted by atomic mass is 10.0. The topological polar surface area (TPSA) is 41.1 Å². The molecule has 3 nitrogen and oxygen atoms in total. The molecule has 0 unspecified atom stereocenters. The fourth-order valence-corrected chi connectivity index (χ4v) is 2.79. The highest BCUT2D eigenvalue weighted by Gasteiger charge is 2.65. The van der Waals surface area contributed by atoms with Crippen molar-refractivity contribution < 1.29 is 4.79 Å². The van der Waals surface area contributed by atoms with E-state index in [-0.39, 0.29) is 22.8 Å². The Balaban J connectivity index is 2.14. The molecule has 1 aromatic rings. The van der Waals surface area contributed by atoms with Crippen LogP contribution in [0.15, 0.2) is 24.3 Å². The van der Waals surface area contributed by atoms with Crippen molar-refractivity contribution in [2.75, 3.05) is 11.9 Å². The van der Waals surface area contributed by atoms with E-state index >= 15 is 0 Å². The number of hydrogen-bond donors (Lipinski definition) is 2. The van der Waals surface area contributed by atoms with Gasteiger partial charge in [0.1, 0.15) is 0 Å². The Bertz CT molecular complexity index is 477. The SMILES string of the molecule is CCNc1ccccc1C(=O)NC1C(C)(C)C1(C)C. The molecular weight excluding hydrogens is 236 g/mol. The fraction of sp³-hybridized carbons (Fsp3) is 0.562. The molecule has 104 valence electrons. The van der Waals surface area contributed by atoms with Gasteiger partial charge in [-0.2, -0.15) is 0 Å². The molecule has 3 heteroatoms. The number of nitrogens with one attached hydrogen (secondary N) is 2. The number of carbonyl (C=O) groups excluding carboxylic acids is 1. The second-order valence-corrected chi connectivity index (χ2v) is 6.43. The largest absolute Gasteiger partial charge is 0.385 e. The summed E-state index contributed by atoms with van der Waals surface area (Å²) in [6.45, 7) is 11.6. The molecule has 19 heavy (non-hydrogen) atoms. The van der Waals surface area contributed by atoms with E-state index in [0.29, 0.717) is 0 Å². The Hall–Kier alpha value is -1.51. The zero-order valence-electron chi connectivity index (χ0n) is 12.5. The lowest BCUT2D eigenvalue weighted by molar-refractivity contribution is 0.0944. The normalized spacial score (nSPS) is 19.8. The molecule has 0 radical (unpaired) electrons. The first kappa shape index (κ1) is 13.9. The number of para-hydroxylation sites is 1. The summed E-state index contributed by atoms with van der Waals surface area (Å²) in [6, 6.07) is 7.90. The Kier molecular flexibility index (Phi) is 3.33. The number of carbonyl (C=O) groups is 1. The molecule has 1 fully saturated rings. The van der Waals surface area contributed by atoms with E-state index in [9.17, 15) is 4.79 Å². The molecule has 0 heterocycles. The molecule has 1 aromatic carbocycles. The molecule has 0 saturated heterocycles. The van der Waals surface area contributed by atoms with Gasteiger partial charge in [0.15, 0.2) is 0 Å². The first-order chi connectivity index (χ1) is 8.82. The van der Waals surface area contributed by atoms with Gasteiger partial charge in [0, 0.05) is 18.3 Å². The van der Waals surface area contributed by atoms with Crippen LogP contribution < -0.4 is 10.6 Å². The van der Waals surface area contributed by atoms with Crippen molar-refractivity contribution in [1.29, 1.82) is 0 Å². The van der Waals surface area contributed by atoms with Crippen molar-refractivity contribution in [2.45, 2.75) is 40.7 Å². The van der Waals surface area contributed by atoms with E-state index < -0.39 is 0 Å². The number of amides is 1.